The first kappa shape index (κ1) is 19.3. The molecule has 1 aliphatic heterocycles. The van der Waals surface area contributed by atoms with Gasteiger partial charge in [0.25, 0.3) is 5.91 Å². The number of carboxylic acids is 1. The first-order valence-electron chi connectivity index (χ1n) is 8.15. The predicted molar refractivity (Wildman–Crippen MR) is 96.1 cm³/mol. The third-order valence-electron chi connectivity index (χ3n) is 4.12. The molecule has 2 atom stereocenters. The van der Waals surface area contributed by atoms with Gasteiger partial charge in [0.05, 0.1) is 5.25 Å². The smallest absolute Gasteiger partial charge is 0.324 e. The number of hydrogen-bond acceptors (Lipinski definition) is 5. The number of aliphatic carboxylic acids is 1. The molecule has 1 heterocycles. The molecule has 0 unspecified atom stereocenters. The average molecular weight is 365 g/mol. The Hall–Kier alpha value is -2.06. The van der Waals surface area contributed by atoms with Gasteiger partial charge >= 0.3 is 5.97 Å². The molecule has 2 amide bonds. The molecule has 136 valence electrons. The Kier molecular flexibility index (Phi) is 6.83. The van der Waals surface area contributed by atoms with E-state index in [1.807, 2.05) is 30.3 Å². The quantitative estimate of drug-likeness (QED) is 0.641. The van der Waals surface area contributed by atoms with Crippen LogP contribution in [0.4, 0.5) is 0 Å². The van der Waals surface area contributed by atoms with Gasteiger partial charge in [-0.2, -0.15) is 12.6 Å². The van der Waals surface area contributed by atoms with E-state index in [9.17, 15) is 14.4 Å². The van der Waals surface area contributed by atoms with Crippen LogP contribution in [0.3, 0.4) is 0 Å². The highest BCUT2D eigenvalue weighted by molar-refractivity contribution is 7.81. The monoisotopic (exact) mass is 365 g/mol. The zero-order chi connectivity index (χ0) is 18.4. The summed E-state index contributed by atoms with van der Waals surface area (Å²) in [5, 5.41) is 13.9. The Morgan fingerprint density at radius 3 is 2.68 bits per heavy atom. The van der Waals surface area contributed by atoms with Crippen LogP contribution < -0.4 is 5.32 Å². The van der Waals surface area contributed by atoms with Crippen LogP contribution in [0.15, 0.2) is 30.3 Å². The molecule has 1 aromatic carbocycles. The zero-order valence-corrected chi connectivity index (χ0v) is 15.0. The van der Waals surface area contributed by atoms with Crippen molar-refractivity contribution in [2.75, 3.05) is 20.1 Å². The Bertz CT molecular complexity index is 626. The van der Waals surface area contributed by atoms with Crippen LogP contribution in [-0.2, 0) is 20.8 Å². The van der Waals surface area contributed by atoms with Crippen LogP contribution in [0.5, 0.6) is 0 Å². The van der Waals surface area contributed by atoms with Crippen molar-refractivity contribution in [2.45, 2.75) is 30.6 Å². The molecule has 2 rings (SSSR count). The maximum absolute atomic E-state index is 12.6. The molecule has 0 saturated carbocycles. The molecule has 0 aliphatic carbocycles. The molecule has 7 nitrogen and oxygen atoms in total. The summed E-state index contributed by atoms with van der Waals surface area (Å²) in [4.78, 5) is 36.0. The van der Waals surface area contributed by atoms with Gasteiger partial charge in [-0.05, 0) is 24.8 Å². The van der Waals surface area contributed by atoms with Gasteiger partial charge in [-0.15, -0.1) is 0 Å². The number of hydrazine groups is 1. The molecule has 1 aromatic rings. The van der Waals surface area contributed by atoms with E-state index in [0.29, 0.717) is 25.8 Å². The Morgan fingerprint density at radius 2 is 2.04 bits per heavy atom. The molecular weight excluding hydrogens is 342 g/mol. The summed E-state index contributed by atoms with van der Waals surface area (Å²) in [5.74, 6) is -1.83. The largest absolute Gasteiger partial charge is 0.480 e. The van der Waals surface area contributed by atoms with Crippen molar-refractivity contribution in [1.29, 1.82) is 0 Å². The molecular formula is C17H23N3O4S. The van der Waals surface area contributed by atoms with Gasteiger partial charge in [-0.3, -0.25) is 19.4 Å². The highest BCUT2D eigenvalue weighted by atomic mass is 32.1. The highest BCUT2D eigenvalue weighted by Crippen LogP contribution is 2.14. The van der Waals surface area contributed by atoms with Gasteiger partial charge in [-0.1, -0.05) is 30.3 Å². The fourth-order valence-electron chi connectivity index (χ4n) is 2.78. The number of benzene rings is 1. The summed E-state index contributed by atoms with van der Waals surface area (Å²) in [6, 6.07) is 8.77. The minimum Gasteiger partial charge on any atom is -0.480 e. The normalized spacial score (nSPS) is 20.0. The Morgan fingerprint density at radius 1 is 1.36 bits per heavy atom. The summed E-state index contributed by atoms with van der Waals surface area (Å²) in [7, 11) is 1.67. The molecule has 0 bridgehead atoms. The molecule has 1 aliphatic rings. The standard InChI is InChI=1S/C17H23N3O4S/c1-19-9-5-8-13(17(24)20(19)11-15(21)22)18-16(23)14(25)10-12-6-3-2-4-7-12/h2-4,6-7,13-14,25H,5,8-11H2,1H3,(H,18,23)(H,21,22)/t13-,14-/m0/s1. The molecule has 8 heteroatoms. The number of carbonyl (C=O) groups excluding carboxylic acids is 2. The van der Waals surface area contributed by atoms with Gasteiger partial charge in [-0.25, -0.2) is 5.01 Å². The molecule has 0 aromatic heterocycles. The fraction of sp³-hybridized carbons (Fsp3) is 0.471. The number of rotatable bonds is 6. The van der Waals surface area contributed by atoms with E-state index in [-0.39, 0.29) is 5.91 Å². The number of amides is 2. The van der Waals surface area contributed by atoms with E-state index < -0.39 is 29.7 Å². The second-order valence-corrected chi connectivity index (χ2v) is 6.70. The Balaban J connectivity index is 2.00. The number of carbonyl (C=O) groups is 3. The van der Waals surface area contributed by atoms with Crippen molar-refractivity contribution in [1.82, 2.24) is 15.3 Å². The SMILES string of the molecule is CN1CCC[C@H](NC(=O)[C@@H](S)Cc2ccccc2)C(=O)N1CC(=O)O. The average Bonchev–Trinajstić information content (AvgIpc) is 2.69. The van der Waals surface area contributed by atoms with Crippen molar-refractivity contribution in [2.24, 2.45) is 0 Å². The minimum absolute atomic E-state index is 0.328. The van der Waals surface area contributed by atoms with Crippen LogP contribution in [-0.4, -0.2) is 64.3 Å². The highest BCUT2D eigenvalue weighted by Gasteiger charge is 2.33. The lowest BCUT2D eigenvalue weighted by atomic mass is 10.1. The summed E-state index contributed by atoms with van der Waals surface area (Å²) in [6.45, 7) is 0.135. The maximum Gasteiger partial charge on any atom is 0.324 e. The topological polar surface area (TPSA) is 90.0 Å². The van der Waals surface area contributed by atoms with E-state index >= 15 is 0 Å². The Labute approximate surface area is 152 Å². The van der Waals surface area contributed by atoms with Crippen molar-refractivity contribution >= 4 is 30.4 Å². The third kappa shape index (κ3) is 5.47. The lowest BCUT2D eigenvalue weighted by Gasteiger charge is -2.30. The summed E-state index contributed by atoms with van der Waals surface area (Å²) >= 11 is 4.35. The first-order chi connectivity index (χ1) is 11.9. The van der Waals surface area contributed by atoms with Crippen LogP contribution in [0.25, 0.3) is 0 Å². The van der Waals surface area contributed by atoms with Crippen LogP contribution >= 0.6 is 12.6 Å². The van der Waals surface area contributed by atoms with Gasteiger partial charge in [0.15, 0.2) is 0 Å². The van der Waals surface area contributed by atoms with Crippen molar-refractivity contribution in [3.63, 3.8) is 0 Å². The maximum atomic E-state index is 12.6. The summed E-state index contributed by atoms with van der Waals surface area (Å²) in [5.41, 5.74) is 0.983. The lowest BCUT2D eigenvalue weighted by molar-refractivity contribution is -0.157. The van der Waals surface area contributed by atoms with Crippen molar-refractivity contribution in [3.8, 4) is 0 Å². The lowest BCUT2D eigenvalue weighted by Crippen LogP contribution is -2.54. The van der Waals surface area contributed by atoms with Gasteiger partial charge < -0.3 is 10.4 Å². The molecule has 1 fully saturated rings. The van der Waals surface area contributed by atoms with E-state index in [0.717, 1.165) is 5.56 Å². The number of nitrogens with one attached hydrogen (secondary N) is 1. The molecule has 0 radical (unpaired) electrons. The minimum atomic E-state index is -1.09. The first-order valence-corrected chi connectivity index (χ1v) is 8.66. The van der Waals surface area contributed by atoms with Crippen LogP contribution in [0.1, 0.15) is 18.4 Å². The van der Waals surface area contributed by atoms with Gasteiger partial charge in [0, 0.05) is 13.6 Å². The fourth-order valence-corrected chi connectivity index (χ4v) is 3.06. The van der Waals surface area contributed by atoms with Crippen LogP contribution in [0, 0.1) is 0 Å². The zero-order valence-electron chi connectivity index (χ0n) is 14.1. The molecule has 0 spiro atoms. The van der Waals surface area contributed by atoms with Crippen LogP contribution in [0.2, 0.25) is 0 Å². The van der Waals surface area contributed by atoms with E-state index in [4.69, 9.17) is 5.11 Å². The van der Waals surface area contributed by atoms with Gasteiger partial charge in [0.2, 0.25) is 5.91 Å². The number of nitrogens with zero attached hydrogens (tertiary/aromatic N) is 2. The summed E-state index contributed by atoms with van der Waals surface area (Å²) < 4.78 is 0. The summed E-state index contributed by atoms with van der Waals surface area (Å²) in [6.07, 6.45) is 1.60. The second kappa shape index (κ2) is 8.87. The van der Waals surface area contributed by atoms with E-state index in [2.05, 4.69) is 17.9 Å². The number of hydrogen-bond donors (Lipinski definition) is 3. The van der Waals surface area contributed by atoms with Gasteiger partial charge in [0.1, 0.15) is 12.6 Å². The molecule has 2 N–H and O–H groups in total. The van der Waals surface area contributed by atoms with Crippen molar-refractivity contribution < 1.29 is 19.5 Å². The third-order valence-corrected chi connectivity index (χ3v) is 4.53. The molecule has 25 heavy (non-hydrogen) atoms. The molecule has 1 saturated heterocycles. The number of carboxylic acid groups (broad SMARTS) is 1. The second-order valence-electron chi connectivity index (χ2n) is 6.08. The predicted octanol–water partition coefficient (Wildman–Crippen LogP) is 0.566. The van der Waals surface area contributed by atoms with Crippen molar-refractivity contribution in [3.05, 3.63) is 35.9 Å². The van der Waals surface area contributed by atoms with E-state index in [1.165, 1.54) is 5.01 Å². The number of thiol groups is 1. The van der Waals surface area contributed by atoms with E-state index in [1.54, 1.807) is 12.1 Å².